The second kappa shape index (κ2) is 9.76. The van der Waals surface area contributed by atoms with Crippen LogP contribution in [0, 0.1) is 11.6 Å². The molecule has 0 aliphatic heterocycles. The summed E-state index contributed by atoms with van der Waals surface area (Å²) in [5.74, 6) is -2.24. The molecule has 0 radical (unpaired) electrons. The molecule has 1 aromatic carbocycles. The van der Waals surface area contributed by atoms with Gasteiger partial charge in [-0.2, -0.15) is 5.10 Å². The van der Waals surface area contributed by atoms with E-state index in [2.05, 4.69) is 20.7 Å². The van der Waals surface area contributed by atoms with Crippen LogP contribution in [0.15, 0.2) is 48.8 Å². The standard InChI is InChI=1S/C23H25F2N5O3/c1-23(2,3)33-22(32)27-19(12-14-5-6-16(24)17(25)11-14)21(31)28-20-13-18(29-30(20)4)15-7-9-26-10-8-15/h5-11,13,19H,12H2,1-4H3,(H,27,32)(H,28,31)/t19-/m0/s1. The Balaban J connectivity index is 1.81. The second-order valence-corrected chi connectivity index (χ2v) is 8.41. The van der Waals surface area contributed by atoms with E-state index in [0.29, 0.717) is 17.1 Å². The van der Waals surface area contributed by atoms with E-state index < -0.39 is 35.3 Å². The third-order valence-corrected chi connectivity index (χ3v) is 4.54. The Kier molecular flexibility index (Phi) is 7.05. The van der Waals surface area contributed by atoms with E-state index >= 15 is 0 Å². The third-order valence-electron chi connectivity index (χ3n) is 4.54. The van der Waals surface area contributed by atoms with Crippen LogP contribution in [0.5, 0.6) is 0 Å². The number of aromatic nitrogens is 3. The van der Waals surface area contributed by atoms with E-state index in [1.807, 2.05) is 0 Å². The predicted molar refractivity (Wildman–Crippen MR) is 118 cm³/mol. The summed E-state index contributed by atoms with van der Waals surface area (Å²) in [7, 11) is 1.66. The SMILES string of the molecule is Cn1nc(-c2ccncc2)cc1NC(=O)[C@H](Cc1ccc(F)c(F)c1)NC(=O)OC(C)(C)C. The molecule has 10 heteroatoms. The molecule has 8 nitrogen and oxygen atoms in total. The van der Waals surface area contributed by atoms with Crippen molar-refractivity contribution < 1.29 is 23.1 Å². The van der Waals surface area contributed by atoms with Crippen LogP contribution in [0.3, 0.4) is 0 Å². The summed E-state index contributed by atoms with van der Waals surface area (Å²) >= 11 is 0. The molecule has 174 valence electrons. The van der Waals surface area contributed by atoms with Crippen LogP contribution in [-0.2, 0) is 23.0 Å². The van der Waals surface area contributed by atoms with Crippen molar-refractivity contribution in [1.29, 1.82) is 0 Å². The molecule has 2 N–H and O–H groups in total. The number of ether oxygens (including phenoxy) is 1. The Bertz CT molecular complexity index is 1140. The molecule has 0 saturated carbocycles. The minimum Gasteiger partial charge on any atom is -0.444 e. The number of pyridine rings is 1. The zero-order valence-electron chi connectivity index (χ0n) is 18.7. The lowest BCUT2D eigenvalue weighted by atomic mass is 10.0. The van der Waals surface area contributed by atoms with Crippen molar-refractivity contribution in [3.05, 3.63) is 66.0 Å². The topological polar surface area (TPSA) is 98.1 Å². The molecular formula is C23H25F2N5O3. The first kappa shape index (κ1) is 23.8. The third kappa shape index (κ3) is 6.58. The first-order chi connectivity index (χ1) is 15.5. The Morgan fingerprint density at radius 1 is 1.09 bits per heavy atom. The van der Waals surface area contributed by atoms with Crippen molar-refractivity contribution >= 4 is 17.8 Å². The number of hydrogen-bond donors (Lipinski definition) is 2. The van der Waals surface area contributed by atoms with E-state index in [1.54, 1.807) is 58.4 Å². The van der Waals surface area contributed by atoms with Crippen LogP contribution in [0.4, 0.5) is 19.4 Å². The molecule has 33 heavy (non-hydrogen) atoms. The van der Waals surface area contributed by atoms with E-state index in [1.165, 1.54) is 10.7 Å². The number of nitrogens with one attached hydrogen (secondary N) is 2. The normalized spacial score (nSPS) is 12.2. The number of rotatable bonds is 6. The van der Waals surface area contributed by atoms with Crippen molar-refractivity contribution in [2.75, 3.05) is 5.32 Å². The summed E-state index contributed by atoms with van der Waals surface area (Å²) in [6.45, 7) is 5.06. The number of carbonyl (C=O) groups excluding carboxylic acids is 2. The predicted octanol–water partition coefficient (Wildman–Crippen LogP) is 3.83. The van der Waals surface area contributed by atoms with Gasteiger partial charge in [0.15, 0.2) is 11.6 Å². The molecule has 0 saturated heterocycles. The number of alkyl carbamates (subject to hydrolysis) is 1. The van der Waals surface area contributed by atoms with Gasteiger partial charge in [-0.3, -0.25) is 14.5 Å². The van der Waals surface area contributed by atoms with Crippen molar-refractivity contribution in [3.8, 4) is 11.3 Å². The minimum atomic E-state index is -1.12. The molecule has 0 aliphatic rings. The lowest BCUT2D eigenvalue weighted by Gasteiger charge is -2.23. The van der Waals surface area contributed by atoms with E-state index in [9.17, 15) is 18.4 Å². The summed E-state index contributed by atoms with van der Waals surface area (Å²) in [5, 5.41) is 9.61. The number of benzene rings is 1. The van der Waals surface area contributed by atoms with Gasteiger partial charge in [0, 0.05) is 37.5 Å². The number of anilines is 1. The smallest absolute Gasteiger partial charge is 0.408 e. The second-order valence-electron chi connectivity index (χ2n) is 8.41. The lowest BCUT2D eigenvalue weighted by molar-refractivity contribution is -0.118. The molecule has 2 aromatic heterocycles. The number of halogens is 2. The van der Waals surface area contributed by atoms with Gasteiger partial charge >= 0.3 is 6.09 Å². The molecule has 3 rings (SSSR count). The molecule has 0 fully saturated rings. The lowest BCUT2D eigenvalue weighted by Crippen LogP contribution is -2.47. The highest BCUT2D eigenvalue weighted by atomic mass is 19.2. The average Bonchev–Trinajstić information content (AvgIpc) is 3.10. The van der Waals surface area contributed by atoms with E-state index in [4.69, 9.17) is 4.74 Å². The Morgan fingerprint density at radius 3 is 2.42 bits per heavy atom. The number of carbonyl (C=O) groups is 2. The van der Waals surface area contributed by atoms with Crippen molar-refractivity contribution in [2.24, 2.45) is 7.05 Å². The highest BCUT2D eigenvalue weighted by Crippen LogP contribution is 2.21. The quantitative estimate of drug-likeness (QED) is 0.586. The number of nitrogens with zero attached hydrogens (tertiary/aromatic N) is 3. The fourth-order valence-electron chi connectivity index (χ4n) is 3.02. The van der Waals surface area contributed by atoms with Gasteiger partial charge < -0.3 is 15.4 Å². The van der Waals surface area contributed by atoms with Crippen LogP contribution in [0.1, 0.15) is 26.3 Å². The molecule has 0 aliphatic carbocycles. The number of amides is 2. The van der Waals surface area contributed by atoms with Crippen LogP contribution in [0.25, 0.3) is 11.3 Å². The van der Waals surface area contributed by atoms with Gasteiger partial charge in [0.05, 0.1) is 5.69 Å². The van der Waals surface area contributed by atoms with Gasteiger partial charge in [-0.25, -0.2) is 13.6 Å². The Labute approximate surface area is 190 Å². The van der Waals surface area contributed by atoms with E-state index in [0.717, 1.165) is 17.7 Å². The Hall–Kier alpha value is -3.82. The van der Waals surface area contributed by atoms with Gasteiger partial charge in [0.25, 0.3) is 0 Å². The Morgan fingerprint density at radius 2 is 1.79 bits per heavy atom. The highest BCUT2D eigenvalue weighted by molar-refractivity contribution is 5.96. The summed E-state index contributed by atoms with van der Waals surface area (Å²) in [5.41, 5.74) is 0.973. The van der Waals surface area contributed by atoms with Crippen LogP contribution in [0.2, 0.25) is 0 Å². The fourth-order valence-corrected chi connectivity index (χ4v) is 3.02. The minimum absolute atomic E-state index is 0.0860. The first-order valence-corrected chi connectivity index (χ1v) is 10.2. The maximum atomic E-state index is 13.7. The van der Waals surface area contributed by atoms with Crippen molar-refractivity contribution in [3.63, 3.8) is 0 Å². The fraction of sp³-hybridized carbons (Fsp3) is 0.304. The maximum absolute atomic E-state index is 13.7. The molecule has 1 atom stereocenters. The largest absolute Gasteiger partial charge is 0.444 e. The molecular weight excluding hydrogens is 432 g/mol. The van der Waals surface area contributed by atoms with Crippen molar-refractivity contribution in [2.45, 2.75) is 38.8 Å². The van der Waals surface area contributed by atoms with Gasteiger partial charge in [-0.15, -0.1) is 0 Å². The summed E-state index contributed by atoms with van der Waals surface area (Å²) in [6.07, 6.45) is 2.36. The number of hydrogen-bond acceptors (Lipinski definition) is 5. The molecule has 0 bridgehead atoms. The monoisotopic (exact) mass is 457 g/mol. The van der Waals surface area contributed by atoms with Crippen LogP contribution >= 0.6 is 0 Å². The maximum Gasteiger partial charge on any atom is 0.408 e. The van der Waals surface area contributed by atoms with Gasteiger partial charge in [-0.05, 0) is 50.6 Å². The number of aryl methyl sites for hydroxylation is 1. The molecule has 2 heterocycles. The van der Waals surface area contributed by atoms with E-state index in [-0.39, 0.29) is 6.42 Å². The first-order valence-electron chi connectivity index (χ1n) is 10.2. The molecule has 0 unspecified atom stereocenters. The highest BCUT2D eigenvalue weighted by Gasteiger charge is 2.26. The van der Waals surface area contributed by atoms with Gasteiger partial charge in [-0.1, -0.05) is 6.07 Å². The molecule has 2 amide bonds. The van der Waals surface area contributed by atoms with Gasteiger partial charge in [0.1, 0.15) is 17.5 Å². The molecule has 3 aromatic rings. The molecule has 0 spiro atoms. The summed E-state index contributed by atoms with van der Waals surface area (Å²) < 4.78 is 33.7. The van der Waals surface area contributed by atoms with Crippen LogP contribution in [-0.4, -0.2) is 38.4 Å². The zero-order chi connectivity index (χ0) is 24.2. The summed E-state index contributed by atoms with van der Waals surface area (Å²) in [6, 6.07) is 7.42. The summed E-state index contributed by atoms with van der Waals surface area (Å²) in [4.78, 5) is 29.4. The average molecular weight is 457 g/mol. The van der Waals surface area contributed by atoms with Crippen molar-refractivity contribution in [1.82, 2.24) is 20.1 Å². The van der Waals surface area contributed by atoms with Gasteiger partial charge in [0.2, 0.25) is 5.91 Å². The zero-order valence-corrected chi connectivity index (χ0v) is 18.7. The van der Waals surface area contributed by atoms with Crippen LogP contribution < -0.4 is 10.6 Å².